The predicted octanol–water partition coefficient (Wildman–Crippen LogP) is 0.201. The summed E-state index contributed by atoms with van der Waals surface area (Å²) in [5, 5.41) is 22.5. The monoisotopic (exact) mass is 203 g/mol. The second-order valence-electron chi connectivity index (χ2n) is 3.04. The Morgan fingerprint density at radius 2 is 1.64 bits per heavy atom. The first-order valence-electron chi connectivity index (χ1n) is 4.50. The van der Waals surface area contributed by atoms with Crippen LogP contribution in [0, 0.1) is 0 Å². The van der Waals surface area contributed by atoms with Crippen LogP contribution in [0.25, 0.3) is 0 Å². The summed E-state index contributed by atoms with van der Waals surface area (Å²) in [5.41, 5.74) is 0. The standard InChI is InChI=1S/C6H15N.CH2N4.CH4O/c1-5(2)7-6(3)4;1-2-4-5-3-1;1-2/h5-7H,1-4H3;1H,(H,2,3,4,5);2H,1H3. The van der Waals surface area contributed by atoms with Crippen molar-refractivity contribution in [3.63, 3.8) is 0 Å². The van der Waals surface area contributed by atoms with Gasteiger partial charge in [0.05, 0.1) is 0 Å². The second-order valence-corrected chi connectivity index (χ2v) is 3.04. The molecule has 1 heterocycles. The molecule has 6 heteroatoms. The van der Waals surface area contributed by atoms with Gasteiger partial charge < -0.3 is 10.4 Å². The summed E-state index contributed by atoms with van der Waals surface area (Å²) in [6.07, 6.45) is 1.33. The summed E-state index contributed by atoms with van der Waals surface area (Å²) >= 11 is 0. The minimum Gasteiger partial charge on any atom is -0.400 e. The van der Waals surface area contributed by atoms with Crippen molar-refractivity contribution in [3.8, 4) is 0 Å². The molecule has 0 aliphatic rings. The Kier molecular flexibility index (Phi) is 13.2. The zero-order valence-corrected chi connectivity index (χ0v) is 9.52. The average molecular weight is 203 g/mol. The molecule has 0 bridgehead atoms. The van der Waals surface area contributed by atoms with Gasteiger partial charge >= 0.3 is 0 Å². The maximum Gasteiger partial charge on any atom is 0.161 e. The van der Waals surface area contributed by atoms with Gasteiger partial charge in [-0.1, -0.05) is 32.9 Å². The van der Waals surface area contributed by atoms with E-state index in [9.17, 15) is 0 Å². The Morgan fingerprint density at radius 1 is 1.14 bits per heavy atom. The number of hydrogen-bond acceptors (Lipinski definition) is 5. The topological polar surface area (TPSA) is 86.7 Å². The van der Waals surface area contributed by atoms with Crippen molar-refractivity contribution in [1.29, 1.82) is 0 Å². The highest BCUT2D eigenvalue weighted by atomic mass is 16.2. The van der Waals surface area contributed by atoms with Crippen molar-refractivity contribution in [2.24, 2.45) is 0 Å². The molecule has 0 atom stereocenters. The SMILES string of the molecule is CC(C)NC(C)C.CO.c1nn[nH]n1. The second kappa shape index (κ2) is 12.0. The normalized spacial score (nSPS) is 8.86. The quantitative estimate of drug-likeness (QED) is 0.639. The van der Waals surface area contributed by atoms with Crippen LogP contribution in [0.4, 0.5) is 0 Å². The van der Waals surface area contributed by atoms with Crippen molar-refractivity contribution in [2.45, 2.75) is 39.8 Å². The number of aliphatic hydroxyl groups is 1. The number of nitrogens with zero attached hydrogens (tertiary/aromatic N) is 3. The van der Waals surface area contributed by atoms with E-state index in [4.69, 9.17) is 5.11 Å². The molecule has 0 amide bonds. The highest BCUT2D eigenvalue weighted by Gasteiger charge is 1.92. The van der Waals surface area contributed by atoms with Crippen LogP contribution in [0.5, 0.6) is 0 Å². The zero-order valence-electron chi connectivity index (χ0n) is 9.52. The molecule has 6 nitrogen and oxygen atoms in total. The molecule has 1 rings (SSSR count). The van der Waals surface area contributed by atoms with Crippen LogP contribution in [0.15, 0.2) is 6.33 Å². The molecule has 14 heavy (non-hydrogen) atoms. The third kappa shape index (κ3) is 17.2. The van der Waals surface area contributed by atoms with E-state index in [1.807, 2.05) is 0 Å². The number of aliphatic hydroxyl groups excluding tert-OH is 1. The molecular weight excluding hydrogens is 182 g/mol. The maximum atomic E-state index is 7.00. The minimum atomic E-state index is 0.625. The number of aromatic nitrogens is 4. The molecule has 0 aliphatic heterocycles. The van der Waals surface area contributed by atoms with Gasteiger partial charge in [0.2, 0.25) is 0 Å². The molecule has 0 fully saturated rings. The molecule has 84 valence electrons. The molecular formula is C8H21N5O. The first-order chi connectivity index (χ1) is 6.63. The van der Waals surface area contributed by atoms with E-state index in [-0.39, 0.29) is 0 Å². The summed E-state index contributed by atoms with van der Waals surface area (Å²) in [5.74, 6) is 0. The summed E-state index contributed by atoms with van der Waals surface area (Å²) < 4.78 is 0. The predicted molar refractivity (Wildman–Crippen MR) is 55.7 cm³/mol. The van der Waals surface area contributed by atoms with Gasteiger partial charge in [-0.15, -0.1) is 10.2 Å². The van der Waals surface area contributed by atoms with Crippen molar-refractivity contribution in [3.05, 3.63) is 6.33 Å². The molecule has 0 unspecified atom stereocenters. The third-order valence-corrected chi connectivity index (χ3v) is 0.936. The Hall–Kier alpha value is -1.01. The van der Waals surface area contributed by atoms with E-state index >= 15 is 0 Å². The summed E-state index contributed by atoms with van der Waals surface area (Å²) in [7, 11) is 1.00. The van der Waals surface area contributed by atoms with E-state index in [1.54, 1.807) is 0 Å². The minimum absolute atomic E-state index is 0.625. The summed E-state index contributed by atoms with van der Waals surface area (Å²) in [6, 6.07) is 1.25. The Bertz CT molecular complexity index is 141. The smallest absolute Gasteiger partial charge is 0.161 e. The van der Waals surface area contributed by atoms with Crippen LogP contribution < -0.4 is 5.32 Å². The molecule has 1 aromatic heterocycles. The molecule has 0 radical (unpaired) electrons. The van der Waals surface area contributed by atoms with Crippen LogP contribution in [0.1, 0.15) is 27.7 Å². The molecule has 0 aliphatic carbocycles. The lowest BCUT2D eigenvalue weighted by atomic mass is 10.3. The zero-order chi connectivity index (χ0) is 11.4. The van der Waals surface area contributed by atoms with Crippen LogP contribution >= 0.6 is 0 Å². The summed E-state index contributed by atoms with van der Waals surface area (Å²) in [6.45, 7) is 8.61. The van der Waals surface area contributed by atoms with Crippen LogP contribution in [-0.2, 0) is 0 Å². The Labute approximate surface area is 85.1 Å². The van der Waals surface area contributed by atoms with E-state index in [2.05, 4.69) is 53.6 Å². The fraction of sp³-hybridized carbons (Fsp3) is 0.875. The van der Waals surface area contributed by atoms with E-state index in [1.165, 1.54) is 6.33 Å². The van der Waals surface area contributed by atoms with Crippen LogP contribution in [-0.4, -0.2) is 44.9 Å². The Balaban J connectivity index is 0. The van der Waals surface area contributed by atoms with Gasteiger partial charge in [0, 0.05) is 19.2 Å². The fourth-order valence-corrected chi connectivity index (χ4v) is 0.796. The number of rotatable bonds is 2. The van der Waals surface area contributed by atoms with Gasteiger partial charge in [-0.05, 0) is 0 Å². The molecule has 0 saturated heterocycles. The van der Waals surface area contributed by atoms with Crippen molar-refractivity contribution < 1.29 is 5.11 Å². The van der Waals surface area contributed by atoms with Crippen molar-refractivity contribution in [2.75, 3.05) is 7.11 Å². The van der Waals surface area contributed by atoms with Crippen LogP contribution in [0.2, 0.25) is 0 Å². The van der Waals surface area contributed by atoms with Gasteiger partial charge in [-0.25, -0.2) is 0 Å². The van der Waals surface area contributed by atoms with Gasteiger partial charge in [0.1, 0.15) is 0 Å². The van der Waals surface area contributed by atoms with Crippen LogP contribution in [0.3, 0.4) is 0 Å². The van der Waals surface area contributed by atoms with E-state index < -0.39 is 0 Å². The average Bonchev–Trinajstić information content (AvgIpc) is 2.61. The van der Waals surface area contributed by atoms with E-state index in [0.29, 0.717) is 12.1 Å². The van der Waals surface area contributed by atoms with Gasteiger partial charge in [-0.3, -0.25) is 0 Å². The first-order valence-corrected chi connectivity index (χ1v) is 4.50. The van der Waals surface area contributed by atoms with Gasteiger partial charge in [-0.2, -0.15) is 5.21 Å². The largest absolute Gasteiger partial charge is 0.400 e. The third-order valence-electron chi connectivity index (χ3n) is 0.936. The van der Waals surface area contributed by atoms with E-state index in [0.717, 1.165) is 7.11 Å². The molecule has 0 spiro atoms. The molecule has 1 aromatic rings. The highest BCUT2D eigenvalue weighted by Crippen LogP contribution is 1.80. The summed E-state index contributed by atoms with van der Waals surface area (Å²) in [4.78, 5) is 0. The first kappa shape index (κ1) is 15.5. The number of nitrogens with one attached hydrogen (secondary N) is 2. The van der Waals surface area contributed by atoms with Crippen molar-refractivity contribution >= 4 is 0 Å². The molecule has 0 aromatic carbocycles. The number of aromatic amines is 1. The maximum absolute atomic E-state index is 7.00. The van der Waals surface area contributed by atoms with Gasteiger partial charge in [0.15, 0.2) is 6.33 Å². The fourth-order valence-electron chi connectivity index (χ4n) is 0.796. The molecule has 3 N–H and O–H groups in total. The lowest BCUT2D eigenvalue weighted by Crippen LogP contribution is -2.29. The lowest BCUT2D eigenvalue weighted by Gasteiger charge is -2.10. The Morgan fingerprint density at radius 3 is 1.71 bits per heavy atom. The number of tetrazole rings is 1. The highest BCUT2D eigenvalue weighted by molar-refractivity contribution is 4.55. The van der Waals surface area contributed by atoms with Crippen molar-refractivity contribution in [1.82, 2.24) is 25.9 Å². The lowest BCUT2D eigenvalue weighted by molar-refractivity contribution is 0.399. The molecule has 0 saturated carbocycles. The number of H-pyrrole nitrogens is 1. The van der Waals surface area contributed by atoms with Gasteiger partial charge in [0.25, 0.3) is 0 Å². The number of hydrogen-bond donors (Lipinski definition) is 3.